The zero-order chi connectivity index (χ0) is 14.6. The molecule has 2 heterocycles. The fraction of sp³-hybridized carbons (Fsp3) is 0.235. The Balaban J connectivity index is 1.97. The van der Waals surface area contributed by atoms with Crippen LogP contribution in [-0.2, 0) is 10.2 Å². The summed E-state index contributed by atoms with van der Waals surface area (Å²) in [7, 11) is 3.44. The molecule has 2 aliphatic rings. The molecule has 1 unspecified atom stereocenters. The van der Waals surface area contributed by atoms with E-state index in [9.17, 15) is 4.79 Å². The lowest BCUT2D eigenvalue weighted by molar-refractivity contribution is -0.121. The Morgan fingerprint density at radius 3 is 2.81 bits per heavy atom. The third-order valence-corrected chi connectivity index (χ3v) is 4.49. The summed E-state index contributed by atoms with van der Waals surface area (Å²) in [6.07, 6.45) is 0. The number of carbonyl (C=O) groups is 1. The second kappa shape index (κ2) is 4.01. The molecule has 1 atom stereocenters. The van der Waals surface area contributed by atoms with Gasteiger partial charge in [-0.15, -0.1) is 0 Å². The molecule has 4 rings (SSSR count). The van der Waals surface area contributed by atoms with E-state index in [0.717, 1.165) is 28.3 Å². The SMILES string of the molecule is COc1ccc2c(c1)OCC21C(=O)N(C)c2ccccc21. The molecule has 0 saturated carbocycles. The standard InChI is InChI=1S/C17H15NO3/c1-18-14-6-4-3-5-12(14)17(16(18)19)10-21-15-9-11(20-2)7-8-13(15)17/h3-9H,10H2,1-2H3. The summed E-state index contributed by atoms with van der Waals surface area (Å²) in [5, 5.41) is 0. The van der Waals surface area contributed by atoms with Crippen molar-refractivity contribution in [1.82, 2.24) is 0 Å². The third kappa shape index (κ3) is 1.37. The molecule has 0 fully saturated rings. The molecule has 4 heteroatoms. The Bertz CT molecular complexity index is 755. The zero-order valence-corrected chi connectivity index (χ0v) is 11.9. The molecule has 0 saturated heterocycles. The average molecular weight is 281 g/mol. The Morgan fingerprint density at radius 1 is 1.19 bits per heavy atom. The molecule has 1 spiro atoms. The van der Waals surface area contributed by atoms with Crippen LogP contribution >= 0.6 is 0 Å². The van der Waals surface area contributed by atoms with Crippen LogP contribution < -0.4 is 14.4 Å². The highest BCUT2D eigenvalue weighted by Gasteiger charge is 2.55. The van der Waals surface area contributed by atoms with Crippen LogP contribution in [-0.4, -0.2) is 26.7 Å². The van der Waals surface area contributed by atoms with Crippen molar-refractivity contribution < 1.29 is 14.3 Å². The Hall–Kier alpha value is -2.49. The van der Waals surface area contributed by atoms with Crippen LogP contribution in [0.5, 0.6) is 11.5 Å². The van der Waals surface area contributed by atoms with Crippen LogP contribution in [0.1, 0.15) is 11.1 Å². The van der Waals surface area contributed by atoms with E-state index in [0.29, 0.717) is 6.61 Å². The molecule has 21 heavy (non-hydrogen) atoms. The number of anilines is 1. The Kier molecular flexibility index (Phi) is 2.34. The summed E-state index contributed by atoms with van der Waals surface area (Å²) in [4.78, 5) is 14.6. The third-order valence-electron chi connectivity index (χ3n) is 4.49. The van der Waals surface area contributed by atoms with Gasteiger partial charge in [-0.1, -0.05) is 24.3 Å². The van der Waals surface area contributed by atoms with Gasteiger partial charge >= 0.3 is 0 Å². The first-order valence-corrected chi connectivity index (χ1v) is 6.87. The number of fused-ring (bicyclic) bond motifs is 4. The molecular formula is C17H15NO3. The predicted octanol–water partition coefficient (Wildman–Crippen LogP) is 2.35. The van der Waals surface area contributed by atoms with E-state index in [4.69, 9.17) is 9.47 Å². The first-order valence-electron chi connectivity index (χ1n) is 6.87. The first kappa shape index (κ1) is 12.3. The predicted molar refractivity (Wildman–Crippen MR) is 79.1 cm³/mol. The monoisotopic (exact) mass is 281 g/mol. The smallest absolute Gasteiger partial charge is 0.245 e. The topological polar surface area (TPSA) is 38.8 Å². The van der Waals surface area contributed by atoms with Crippen molar-refractivity contribution in [3.8, 4) is 11.5 Å². The molecule has 2 aromatic carbocycles. The summed E-state index contributed by atoms with van der Waals surface area (Å²) in [6.45, 7) is 0.343. The van der Waals surface area contributed by atoms with Crippen molar-refractivity contribution in [2.24, 2.45) is 0 Å². The summed E-state index contributed by atoms with van der Waals surface area (Å²) in [5.74, 6) is 1.53. The average Bonchev–Trinajstić information content (AvgIpc) is 3.01. The van der Waals surface area contributed by atoms with E-state index in [1.54, 1.807) is 12.0 Å². The molecule has 0 radical (unpaired) electrons. The summed E-state index contributed by atoms with van der Waals surface area (Å²) >= 11 is 0. The van der Waals surface area contributed by atoms with Gasteiger partial charge in [-0.2, -0.15) is 0 Å². The van der Waals surface area contributed by atoms with Gasteiger partial charge < -0.3 is 14.4 Å². The van der Waals surface area contributed by atoms with E-state index >= 15 is 0 Å². The van der Waals surface area contributed by atoms with Gasteiger partial charge in [-0.25, -0.2) is 0 Å². The largest absolute Gasteiger partial charge is 0.497 e. The molecule has 0 aromatic heterocycles. The molecule has 4 nitrogen and oxygen atoms in total. The minimum Gasteiger partial charge on any atom is -0.497 e. The number of carbonyl (C=O) groups excluding carboxylic acids is 1. The minimum atomic E-state index is -0.715. The lowest BCUT2D eigenvalue weighted by atomic mass is 9.77. The lowest BCUT2D eigenvalue weighted by Crippen LogP contribution is -2.40. The number of amides is 1. The van der Waals surface area contributed by atoms with Gasteiger partial charge in [-0.05, 0) is 17.7 Å². The number of hydrogen-bond donors (Lipinski definition) is 0. The zero-order valence-electron chi connectivity index (χ0n) is 11.9. The fourth-order valence-corrected chi connectivity index (χ4v) is 3.40. The van der Waals surface area contributed by atoms with E-state index in [-0.39, 0.29) is 5.91 Å². The van der Waals surface area contributed by atoms with E-state index in [2.05, 4.69) is 0 Å². The number of para-hydroxylation sites is 1. The van der Waals surface area contributed by atoms with Crippen LogP contribution in [0, 0.1) is 0 Å². The van der Waals surface area contributed by atoms with Gasteiger partial charge in [0.05, 0.1) is 7.11 Å². The van der Waals surface area contributed by atoms with Gasteiger partial charge in [0, 0.05) is 24.4 Å². The molecule has 2 aliphatic heterocycles. The quantitative estimate of drug-likeness (QED) is 0.805. The number of methoxy groups -OCH3 is 1. The van der Waals surface area contributed by atoms with Gasteiger partial charge in [0.25, 0.3) is 0 Å². The van der Waals surface area contributed by atoms with Gasteiger partial charge in [0.1, 0.15) is 23.5 Å². The minimum absolute atomic E-state index is 0.0626. The van der Waals surface area contributed by atoms with Crippen molar-refractivity contribution in [3.63, 3.8) is 0 Å². The van der Waals surface area contributed by atoms with Crippen LogP contribution in [0.4, 0.5) is 5.69 Å². The number of nitrogens with zero attached hydrogens (tertiary/aromatic N) is 1. The summed E-state index contributed by atoms with van der Waals surface area (Å²) in [5.41, 5.74) is 2.17. The first-order chi connectivity index (χ1) is 10.2. The van der Waals surface area contributed by atoms with Crippen molar-refractivity contribution in [2.45, 2.75) is 5.41 Å². The number of rotatable bonds is 1. The molecule has 0 aliphatic carbocycles. The maximum atomic E-state index is 12.9. The summed E-state index contributed by atoms with van der Waals surface area (Å²) < 4.78 is 11.1. The van der Waals surface area contributed by atoms with Gasteiger partial charge in [0.2, 0.25) is 5.91 Å². The van der Waals surface area contributed by atoms with Gasteiger partial charge in [0.15, 0.2) is 0 Å². The lowest BCUT2D eigenvalue weighted by Gasteiger charge is -2.21. The molecule has 0 bridgehead atoms. The highest BCUT2D eigenvalue weighted by Crippen LogP contribution is 2.52. The van der Waals surface area contributed by atoms with Crippen molar-refractivity contribution in [1.29, 1.82) is 0 Å². The maximum absolute atomic E-state index is 12.9. The second-order valence-electron chi connectivity index (χ2n) is 5.44. The number of ether oxygens (including phenoxy) is 2. The van der Waals surface area contributed by atoms with E-state index < -0.39 is 5.41 Å². The number of benzene rings is 2. The molecular weight excluding hydrogens is 266 g/mol. The number of likely N-dealkylation sites (N-methyl/N-ethyl adjacent to an activating group) is 1. The normalized spacial score (nSPS) is 22.2. The Morgan fingerprint density at radius 2 is 2.00 bits per heavy atom. The highest BCUT2D eigenvalue weighted by atomic mass is 16.5. The van der Waals surface area contributed by atoms with Gasteiger partial charge in [-0.3, -0.25) is 4.79 Å². The van der Waals surface area contributed by atoms with Crippen molar-refractivity contribution >= 4 is 11.6 Å². The molecule has 2 aromatic rings. The molecule has 1 amide bonds. The highest BCUT2D eigenvalue weighted by molar-refractivity contribution is 6.11. The van der Waals surface area contributed by atoms with Crippen molar-refractivity contribution in [2.75, 3.05) is 25.7 Å². The van der Waals surface area contributed by atoms with Crippen LogP contribution in [0.25, 0.3) is 0 Å². The summed E-state index contributed by atoms with van der Waals surface area (Å²) in [6, 6.07) is 13.6. The molecule has 106 valence electrons. The van der Waals surface area contributed by atoms with Crippen LogP contribution in [0.15, 0.2) is 42.5 Å². The molecule has 0 N–H and O–H groups in total. The van der Waals surface area contributed by atoms with Crippen molar-refractivity contribution in [3.05, 3.63) is 53.6 Å². The van der Waals surface area contributed by atoms with E-state index in [1.165, 1.54) is 0 Å². The fourth-order valence-electron chi connectivity index (χ4n) is 3.40. The maximum Gasteiger partial charge on any atom is 0.245 e. The Labute approximate surface area is 122 Å². The second-order valence-corrected chi connectivity index (χ2v) is 5.44. The van der Waals surface area contributed by atoms with Crippen LogP contribution in [0.2, 0.25) is 0 Å². The van der Waals surface area contributed by atoms with E-state index in [1.807, 2.05) is 49.5 Å². The van der Waals surface area contributed by atoms with Crippen LogP contribution in [0.3, 0.4) is 0 Å². The number of hydrogen-bond acceptors (Lipinski definition) is 3.